The maximum Gasteiger partial charge on any atom is 0.252 e. The van der Waals surface area contributed by atoms with Crippen molar-refractivity contribution in [2.45, 2.75) is 6.61 Å². The first kappa shape index (κ1) is 14.8. The predicted molar refractivity (Wildman–Crippen MR) is 82.8 cm³/mol. The third-order valence-electron chi connectivity index (χ3n) is 2.87. The number of nitrogens with one attached hydrogen (secondary N) is 1. The van der Waals surface area contributed by atoms with E-state index in [4.69, 9.17) is 4.74 Å². The summed E-state index contributed by atoms with van der Waals surface area (Å²) in [6, 6.07) is 17.0. The van der Waals surface area contributed by atoms with Gasteiger partial charge in [0.25, 0.3) is 5.91 Å². The van der Waals surface area contributed by atoms with Crippen LogP contribution in [0.15, 0.2) is 54.6 Å². The Morgan fingerprint density at radius 2 is 1.81 bits per heavy atom. The summed E-state index contributed by atoms with van der Waals surface area (Å²) in [6.45, 7) is 0.873. The number of benzene rings is 2. The Labute approximate surface area is 125 Å². The van der Waals surface area contributed by atoms with Crippen LogP contribution < -0.4 is 5.32 Å². The van der Waals surface area contributed by atoms with Gasteiger partial charge in [-0.25, -0.2) is 0 Å². The molecule has 0 atom stereocenters. The van der Waals surface area contributed by atoms with Gasteiger partial charge in [0.15, 0.2) is 0 Å². The highest BCUT2D eigenvalue weighted by Crippen LogP contribution is 2.05. The van der Waals surface area contributed by atoms with E-state index in [1.165, 1.54) is 0 Å². The molecule has 0 aromatic heterocycles. The van der Waals surface area contributed by atoms with Crippen LogP contribution in [-0.4, -0.2) is 19.6 Å². The molecule has 0 radical (unpaired) electrons. The number of hydrogen-bond acceptors (Lipinski definition) is 2. The van der Waals surface area contributed by atoms with Gasteiger partial charge in [0.2, 0.25) is 0 Å². The summed E-state index contributed by atoms with van der Waals surface area (Å²) in [4.78, 5) is 11.9. The lowest BCUT2D eigenvalue weighted by Gasteiger charge is -2.03. The Balaban J connectivity index is 1.86. The third kappa shape index (κ3) is 4.79. The molecule has 2 aromatic rings. The normalized spacial score (nSPS) is 9.57. The fourth-order valence-electron chi connectivity index (χ4n) is 1.81. The second-order valence-electron chi connectivity index (χ2n) is 4.48. The van der Waals surface area contributed by atoms with E-state index in [1.54, 1.807) is 19.2 Å². The Kier molecular flexibility index (Phi) is 5.57. The fourth-order valence-corrected chi connectivity index (χ4v) is 1.81. The van der Waals surface area contributed by atoms with Crippen molar-refractivity contribution in [2.24, 2.45) is 0 Å². The zero-order valence-electron chi connectivity index (χ0n) is 11.9. The molecule has 0 saturated carbocycles. The van der Waals surface area contributed by atoms with Crippen LogP contribution in [-0.2, 0) is 11.3 Å². The summed E-state index contributed by atoms with van der Waals surface area (Å²) in [7, 11) is 1.64. The van der Waals surface area contributed by atoms with Gasteiger partial charge in [0.1, 0.15) is 0 Å². The number of ether oxygens (including phenoxy) is 1. The molecular formula is C18H17NO2. The number of hydrogen-bond donors (Lipinski definition) is 1. The van der Waals surface area contributed by atoms with E-state index >= 15 is 0 Å². The minimum absolute atomic E-state index is 0.124. The van der Waals surface area contributed by atoms with E-state index < -0.39 is 0 Å². The maximum absolute atomic E-state index is 11.9. The lowest BCUT2D eigenvalue weighted by atomic mass is 10.1. The quantitative estimate of drug-likeness (QED) is 0.874. The summed E-state index contributed by atoms with van der Waals surface area (Å²) in [5, 5.41) is 2.78. The van der Waals surface area contributed by atoms with Crippen molar-refractivity contribution >= 4 is 5.91 Å². The van der Waals surface area contributed by atoms with E-state index in [1.807, 2.05) is 42.5 Å². The average molecular weight is 279 g/mol. The van der Waals surface area contributed by atoms with Gasteiger partial charge in [-0.2, -0.15) is 0 Å². The lowest BCUT2D eigenvalue weighted by Crippen LogP contribution is -2.23. The van der Waals surface area contributed by atoms with Gasteiger partial charge in [-0.15, -0.1) is 0 Å². The highest BCUT2D eigenvalue weighted by atomic mass is 16.5. The fraction of sp³-hybridized carbons (Fsp3) is 0.167. The highest BCUT2D eigenvalue weighted by Gasteiger charge is 2.03. The molecule has 2 aromatic carbocycles. The first-order chi connectivity index (χ1) is 10.3. The second kappa shape index (κ2) is 7.88. The molecule has 1 amide bonds. The van der Waals surface area contributed by atoms with Gasteiger partial charge in [0.05, 0.1) is 13.2 Å². The van der Waals surface area contributed by atoms with Crippen molar-refractivity contribution in [3.05, 3.63) is 71.3 Å². The van der Waals surface area contributed by atoms with Crippen LogP contribution in [0.1, 0.15) is 21.5 Å². The van der Waals surface area contributed by atoms with Crippen LogP contribution in [0.4, 0.5) is 0 Å². The van der Waals surface area contributed by atoms with Crippen molar-refractivity contribution in [1.82, 2.24) is 5.32 Å². The van der Waals surface area contributed by atoms with Crippen LogP contribution in [0.25, 0.3) is 0 Å². The average Bonchev–Trinajstić information content (AvgIpc) is 2.53. The van der Waals surface area contributed by atoms with Crippen LogP contribution >= 0.6 is 0 Å². The van der Waals surface area contributed by atoms with Crippen molar-refractivity contribution in [1.29, 1.82) is 0 Å². The predicted octanol–water partition coefficient (Wildman–Crippen LogP) is 2.61. The Morgan fingerprint density at radius 1 is 1.10 bits per heavy atom. The van der Waals surface area contributed by atoms with Crippen LogP contribution in [0, 0.1) is 11.8 Å². The molecule has 21 heavy (non-hydrogen) atoms. The molecule has 0 bridgehead atoms. The molecular weight excluding hydrogens is 262 g/mol. The first-order valence-corrected chi connectivity index (χ1v) is 6.69. The molecule has 0 unspecified atom stereocenters. The lowest BCUT2D eigenvalue weighted by molar-refractivity contribution is 0.0958. The molecule has 3 nitrogen and oxygen atoms in total. The van der Waals surface area contributed by atoms with Crippen molar-refractivity contribution in [3.8, 4) is 11.8 Å². The van der Waals surface area contributed by atoms with Crippen molar-refractivity contribution in [3.63, 3.8) is 0 Å². The Hall–Kier alpha value is -2.57. The molecule has 1 N–H and O–H groups in total. The molecule has 0 spiro atoms. The number of carbonyl (C=O) groups excluding carboxylic acids is 1. The number of amides is 1. The SMILES string of the molecule is COCc1ccc(C(=O)NCC#Cc2ccccc2)cc1. The first-order valence-electron chi connectivity index (χ1n) is 6.69. The van der Waals surface area contributed by atoms with E-state index in [0.29, 0.717) is 18.7 Å². The van der Waals surface area contributed by atoms with Gasteiger partial charge >= 0.3 is 0 Å². The van der Waals surface area contributed by atoms with E-state index in [-0.39, 0.29) is 5.91 Å². The molecule has 0 heterocycles. The van der Waals surface area contributed by atoms with E-state index in [2.05, 4.69) is 17.2 Å². The van der Waals surface area contributed by atoms with Gasteiger partial charge in [-0.1, -0.05) is 42.2 Å². The second-order valence-corrected chi connectivity index (χ2v) is 4.48. The van der Waals surface area contributed by atoms with E-state index in [0.717, 1.165) is 11.1 Å². The molecule has 0 aliphatic rings. The van der Waals surface area contributed by atoms with Crippen molar-refractivity contribution < 1.29 is 9.53 Å². The smallest absolute Gasteiger partial charge is 0.252 e. The van der Waals surface area contributed by atoms with Crippen LogP contribution in [0.3, 0.4) is 0 Å². The van der Waals surface area contributed by atoms with Crippen LogP contribution in [0.5, 0.6) is 0 Å². The standard InChI is InChI=1S/C18H17NO2/c1-21-14-16-9-11-17(12-10-16)18(20)19-13-5-8-15-6-3-2-4-7-15/h2-4,6-7,9-12H,13-14H2,1H3,(H,19,20). The molecule has 3 heteroatoms. The summed E-state index contributed by atoms with van der Waals surface area (Å²) in [5.41, 5.74) is 2.60. The largest absolute Gasteiger partial charge is 0.380 e. The topological polar surface area (TPSA) is 38.3 Å². The summed E-state index contributed by atoms with van der Waals surface area (Å²) in [6.07, 6.45) is 0. The molecule has 0 aliphatic carbocycles. The molecule has 0 aliphatic heterocycles. The Bertz CT molecular complexity index is 636. The zero-order chi connectivity index (χ0) is 14.9. The summed E-state index contributed by atoms with van der Waals surface area (Å²) >= 11 is 0. The van der Waals surface area contributed by atoms with Gasteiger partial charge < -0.3 is 10.1 Å². The van der Waals surface area contributed by atoms with Gasteiger partial charge in [-0.3, -0.25) is 4.79 Å². The van der Waals surface area contributed by atoms with Gasteiger partial charge in [0, 0.05) is 18.2 Å². The maximum atomic E-state index is 11.9. The minimum atomic E-state index is -0.124. The highest BCUT2D eigenvalue weighted by molar-refractivity contribution is 5.94. The number of carbonyl (C=O) groups is 1. The minimum Gasteiger partial charge on any atom is -0.380 e. The summed E-state index contributed by atoms with van der Waals surface area (Å²) < 4.78 is 5.03. The molecule has 106 valence electrons. The third-order valence-corrected chi connectivity index (χ3v) is 2.87. The van der Waals surface area contributed by atoms with E-state index in [9.17, 15) is 4.79 Å². The van der Waals surface area contributed by atoms with Crippen LogP contribution in [0.2, 0.25) is 0 Å². The van der Waals surface area contributed by atoms with Crippen molar-refractivity contribution in [2.75, 3.05) is 13.7 Å². The number of rotatable bonds is 4. The molecule has 0 saturated heterocycles. The Morgan fingerprint density at radius 3 is 2.48 bits per heavy atom. The number of methoxy groups -OCH3 is 1. The monoisotopic (exact) mass is 279 g/mol. The zero-order valence-corrected chi connectivity index (χ0v) is 11.9. The molecule has 2 rings (SSSR count). The van der Waals surface area contributed by atoms with Gasteiger partial charge in [-0.05, 0) is 29.8 Å². The summed E-state index contributed by atoms with van der Waals surface area (Å²) in [5.74, 6) is 5.80. The molecule has 0 fully saturated rings.